The minimum absolute atomic E-state index is 0.0273. The van der Waals surface area contributed by atoms with Crippen LogP contribution in [0.4, 0.5) is 10.5 Å². The van der Waals surface area contributed by atoms with Gasteiger partial charge in [-0.05, 0) is 31.5 Å². The lowest BCUT2D eigenvalue weighted by Gasteiger charge is -2.42. The topological polar surface area (TPSA) is 90.9 Å². The molecule has 0 unspecified atom stereocenters. The van der Waals surface area contributed by atoms with Gasteiger partial charge in [0.2, 0.25) is 0 Å². The van der Waals surface area contributed by atoms with Crippen LogP contribution in [0, 0.1) is 0 Å². The quantitative estimate of drug-likeness (QED) is 0.698. The first-order valence-electron chi connectivity index (χ1n) is 7.79. The van der Waals surface area contributed by atoms with E-state index >= 15 is 0 Å². The average molecular weight is 356 g/mol. The number of urea groups is 1. The highest BCUT2D eigenvalue weighted by atomic mass is 35.5. The van der Waals surface area contributed by atoms with Crippen LogP contribution in [0.5, 0.6) is 5.75 Å². The lowest BCUT2D eigenvalue weighted by molar-refractivity contribution is -0.139. The summed E-state index contributed by atoms with van der Waals surface area (Å²) in [5.74, 6) is -0.232. The molecule has 1 fully saturated rings. The van der Waals surface area contributed by atoms with E-state index in [2.05, 4.69) is 10.6 Å². The summed E-state index contributed by atoms with van der Waals surface area (Å²) in [7, 11) is 1.54. The number of carboxylic acid groups (broad SMARTS) is 1. The summed E-state index contributed by atoms with van der Waals surface area (Å²) in [6, 6.07) is 4.90. The molecular formula is C16H22ClN3O4. The Morgan fingerprint density at radius 3 is 2.71 bits per heavy atom. The summed E-state index contributed by atoms with van der Waals surface area (Å²) in [4.78, 5) is 24.8. The van der Waals surface area contributed by atoms with Gasteiger partial charge in [0, 0.05) is 18.2 Å². The van der Waals surface area contributed by atoms with Crippen molar-refractivity contribution in [3.8, 4) is 5.75 Å². The van der Waals surface area contributed by atoms with Crippen LogP contribution in [0.25, 0.3) is 0 Å². The van der Waals surface area contributed by atoms with Crippen LogP contribution in [0.2, 0.25) is 5.02 Å². The fourth-order valence-corrected chi connectivity index (χ4v) is 2.91. The number of carbonyl (C=O) groups excluding carboxylic acids is 1. The van der Waals surface area contributed by atoms with Gasteiger partial charge in [0.05, 0.1) is 24.4 Å². The van der Waals surface area contributed by atoms with Crippen molar-refractivity contribution in [2.75, 3.05) is 25.5 Å². The second-order valence-corrected chi connectivity index (χ2v) is 6.13. The maximum atomic E-state index is 12.1. The van der Waals surface area contributed by atoms with E-state index in [0.717, 1.165) is 12.8 Å². The molecule has 0 atom stereocenters. The van der Waals surface area contributed by atoms with E-state index in [0.29, 0.717) is 23.0 Å². The molecule has 0 spiro atoms. The number of carboxylic acids is 1. The summed E-state index contributed by atoms with van der Waals surface area (Å²) < 4.78 is 5.11. The van der Waals surface area contributed by atoms with Gasteiger partial charge in [-0.3, -0.25) is 9.69 Å². The minimum Gasteiger partial charge on any atom is -0.497 e. The van der Waals surface area contributed by atoms with Gasteiger partial charge in [0.1, 0.15) is 5.75 Å². The van der Waals surface area contributed by atoms with Gasteiger partial charge in [-0.15, -0.1) is 0 Å². The molecule has 2 rings (SSSR count). The number of nitrogens with zero attached hydrogens (tertiary/aromatic N) is 1. The van der Waals surface area contributed by atoms with E-state index in [1.807, 2.05) is 11.8 Å². The van der Waals surface area contributed by atoms with Gasteiger partial charge in [-0.2, -0.15) is 0 Å². The maximum Gasteiger partial charge on any atom is 0.319 e. The second-order valence-electron chi connectivity index (χ2n) is 5.72. The van der Waals surface area contributed by atoms with Gasteiger partial charge in [-0.25, -0.2) is 4.79 Å². The Morgan fingerprint density at radius 1 is 1.42 bits per heavy atom. The highest BCUT2D eigenvalue weighted by Gasteiger charge is 2.34. The number of anilines is 1. The van der Waals surface area contributed by atoms with Gasteiger partial charge in [0.15, 0.2) is 0 Å². The Kier molecular flexibility index (Phi) is 6.28. The van der Waals surface area contributed by atoms with Crippen molar-refractivity contribution in [1.29, 1.82) is 0 Å². The Hall–Kier alpha value is -1.99. The molecule has 3 N–H and O–H groups in total. The molecule has 1 aliphatic rings. The number of aliphatic carboxylic acids is 1. The first-order chi connectivity index (χ1) is 11.4. The maximum absolute atomic E-state index is 12.1. The van der Waals surface area contributed by atoms with Crippen molar-refractivity contribution in [1.82, 2.24) is 10.2 Å². The molecule has 1 aromatic rings. The molecule has 0 aromatic heterocycles. The van der Waals surface area contributed by atoms with Crippen LogP contribution >= 0.6 is 11.6 Å². The SMILES string of the molecule is CCN(CC(=O)O)C1CC(NC(=O)Nc2cc(OC)ccc2Cl)C1. The van der Waals surface area contributed by atoms with Crippen LogP contribution < -0.4 is 15.4 Å². The Morgan fingerprint density at radius 2 is 2.12 bits per heavy atom. The number of hydrogen-bond donors (Lipinski definition) is 3. The fourth-order valence-electron chi connectivity index (χ4n) is 2.75. The third-order valence-electron chi connectivity index (χ3n) is 4.13. The number of carbonyl (C=O) groups is 2. The van der Waals surface area contributed by atoms with Crippen molar-refractivity contribution in [2.45, 2.75) is 31.8 Å². The molecule has 132 valence electrons. The van der Waals surface area contributed by atoms with Crippen LogP contribution in [0.1, 0.15) is 19.8 Å². The van der Waals surface area contributed by atoms with E-state index < -0.39 is 5.97 Å². The van der Waals surface area contributed by atoms with E-state index in [1.54, 1.807) is 18.2 Å². The summed E-state index contributed by atoms with van der Waals surface area (Å²) >= 11 is 6.05. The first kappa shape index (κ1) is 18.4. The molecule has 1 saturated carbocycles. The predicted molar refractivity (Wildman–Crippen MR) is 91.9 cm³/mol. The lowest BCUT2D eigenvalue weighted by Crippen LogP contribution is -2.55. The Bertz CT molecular complexity index is 605. The molecular weight excluding hydrogens is 334 g/mol. The number of hydrogen-bond acceptors (Lipinski definition) is 4. The van der Waals surface area contributed by atoms with Crippen molar-refractivity contribution in [3.05, 3.63) is 23.2 Å². The zero-order valence-corrected chi connectivity index (χ0v) is 14.5. The summed E-state index contributed by atoms with van der Waals surface area (Å²) in [6.45, 7) is 2.63. The summed E-state index contributed by atoms with van der Waals surface area (Å²) in [6.07, 6.45) is 1.47. The molecule has 2 amide bonds. The van der Waals surface area contributed by atoms with Crippen LogP contribution in [-0.4, -0.2) is 54.3 Å². The number of rotatable bonds is 7. The van der Waals surface area contributed by atoms with E-state index in [9.17, 15) is 9.59 Å². The second kappa shape index (κ2) is 8.21. The summed E-state index contributed by atoms with van der Waals surface area (Å²) in [5.41, 5.74) is 0.477. The number of amides is 2. The Balaban J connectivity index is 1.82. The monoisotopic (exact) mass is 355 g/mol. The van der Waals surface area contributed by atoms with Crippen molar-refractivity contribution < 1.29 is 19.4 Å². The van der Waals surface area contributed by atoms with Crippen LogP contribution in [0.3, 0.4) is 0 Å². The fraction of sp³-hybridized carbons (Fsp3) is 0.500. The largest absolute Gasteiger partial charge is 0.497 e. The highest BCUT2D eigenvalue weighted by Crippen LogP contribution is 2.28. The average Bonchev–Trinajstić information content (AvgIpc) is 2.50. The number of ether oxygens (including phenoxy) is 1. The molecule has 7 nitrogen and oxygen atoms in total. The van der Waals surface area contributed by atoms with E-state index in [1.165, 1.54) is 7.11 Å². The number of benzene rings is 1. The normalized spacial score (nSPS) is 19.5. The third kappa shape index (κ3) is 4.75. The molecule has 1 aliphatic carbocycles. The predicted octanol–water partition coefficient (Wildman–Crippen LogP) is 2.41. The number of likely N-dealkylation sites (N-methyl/N-ethyl adjacent to an activating group) is 1. The molecule has 0 saturated heterocycles. The standard InChI is InChI=1S/C16H22ClN3O4/c1-3-20(9-15(21)22)11-6-10(7-11)18-16(23)19-14-8-12(24-2)4-5-13(14)17/h4-5,8,10-11H,3,6-7,9H2,1-2H3,(H,21,22)(H2,18,19,23). The number of nitrogens with one attached hydrogen (secondary N) is 2. The van der Waals surface area contributed by atoms with E-state index in [-0.39, 0.29) is 24.7 Å². The van der Waals surface area contributed by atoms with Crippen LogP contribution in [0.15, 0.2) is 18.2 Å². The van der Waals surface area contributed by atoms with Crippen molar-refractivity contribution >= 4 is 29.3 Å². The number of halogens is 1. The molecule has 0 bridgehead atoms. The Labute approximate surface area is 145 Å². The summed E-state index contributed by atoms with van der Waals surface area (Å²) in [5, 5.41) is 14.9. The van der Waals surface area contributed by atoms with Crippen molar-refractivity contribution in [3.63, 3.8) is 0 Å². The van der Waals surface area contributed by atoms with Gasteiger partial charge in [0.25, 0.3) is 0 Å². The smallest absolute Gasteiger partial charge is 0.319 e. The molecule has 0 aliphatic heterocycles. The van der Waals surface area contributed by atoms with Crippen molar-refractivity contribution in [2.24, 2.45) is 0 Å². The first-order valence-corrected chi connectivity index (χ1v) is 8.17. The van der Waals surface area contributed by atoms with Gasteiger partial charge in [-0.1, -0.05) is 18.5 Å². The molecule has 0 heterocycles. The van der Waals surface area contributed by atoms with E-state index in [4.69, 9.17) is 21.4 Å². The number of methoxy groups -OCH3 is 1. The molecule has 1 aromatic carbocycles. The molecule has 24 heavy (non-hydrogen) atoms. The molecule has 8 heteroatoms. The lowest BCUT2D eigenvalue weighted by atomic mass is 9.85. The zero-order valence-electron chi connectivity index (χ0n) is 13.7. The highest BCUT2D eigenvalue weighted by molar-refractivity contribution is 6.33. The zero-order chi connectivity index (χ0) is 17.7. The van der Waals surface area contributed by atoms with Crippen LogP contribution in [-0.2, 0) is 4.79 Å². The van der Waals surface area contributed by atoms with Gasteiger partial charge < -0.3 is 20.5 Å². The minimum atomic E-state index is -0.835. The third-order valence-corrected chi connectivity index (χ3v) is 4.46. The van der Waals surface area contributed by atoms with Gasteiger partial charge >= 0.3 is 12.0 Å². The molecule has 0 radical (unpaired) electrons.